The third-order valence-electron chi connectivity index (χ3n) is 4.58. The van der Waals surface area contributed by atoms with E-state index in [1.54, 1.807) is 11.8 Å². The van der Waals surface area contributed by atoms with Crippen LogP contribution in [0.15, 0.2) is 65.8 Å². The third-order valence-corrected chi connectivity index (χ3v) is 5.60. The molecule has 0 atom stereocenters. The SMILES string of the molecule is CN(C)CCNC(=O)CCCSc1nnc(Cc2ccccc2)n1-c1ccccc1. The van der Waals surface area contributed by atoms with Gasteiger partial charge < -0.3 is 10.2 Å². The Hall–Kier alpha value is -2.64. The van der Waals surface area contributed by atoms with Crippen molar-refractivity contribution in [2.45, 2.75) is 24.4 Å². The van der Waals surface area contributed by atoms with Crippen molar-refractivity contribution in [1.29, 1.82) is 0 Å². The van der Waals surface area contributed by atoms with Gasteiger partial charge in [-0.2, -0.15) is 0 Å². The summed E-state index contributed by atoms with van der Waals surface area (Å²) >= 11 is 1.65. The Morgan fingerprint density at radius 1 is 1.03 bits per heavy atom. The van der Waals surface area contributed by atoms with Crippen molar-refractivity contribution in [3.63, 3.8) is 0 Å². The number of hydrogen-bond acceptors (Lipinski definition) is 5. The minimum atomic E-state index is 0.103. The van der Waals surface area contributed by atoms with Gasteiger partial charge >= 0.3 is 0 Å². The van der Waals surface area contributed by atoms with Crippen LogP contribution < -0.4 is 5.32 Å². The number of para-hydroxylation sites is 1. The molecule has 0 fully saturated rings. The van der Waals surface area contributed by atoms with Crippen molar-refractivity contribution in [2.24, 2.45) is 0 Å². The Kier molecular flexibility index (Phi) is 8.47. The van der Waals surface area contributed by atoms with Gasteiger partial charge in [0.15, 0.2) is 5.16 Å². The zero-order chi connectivity index (χ0) is 21.2. The Morgan fingerprint density at radius 2 is 1.73 bits per heavy atom. The molecule has 0 aliphatic rings. The van der Waals surface area contributed by atoms with E-state index in [2.05, 4.69) is 49.2 Å². The molecule has 7 heteroatoms. The van der Waals surface area contributed by atoms with Crippen molar-refractivity contribution >= 4 is 17.7 Å². The largest absolute Gasteiger partial charge is 0.355 e. The zero-order valence-electron chi connectivity index (χ0n) is 17.6. The predicted octanol–water partition coefficient (Wildman–Crippen LogP) is 3.41. The molecule has 0 saturated heterocycles. The number of nitrogens with zero attached hydrogens (tertiary/aromatic N) is 4. The van der Waals surface area contributed by atoms with Gasteiger partial charge in [-0.15, -0.1) is 10.2 Å². The fraction of sp³-hybridized carbons (Fsp3) is 0.348. The number of thioether (sulfide) groups is 1. The van der Waals surface area contributed by atoms with Crippen molar-refractivity contribution in [2.75, 3.05) is 32.9 Å². The number of likely N-dealkylation sites (N-methyl/N-ethyl adjacent to an activating group) is 1. The average molecular weight is 424 g/mol. The maximum atomic E-state index is 12.0. The lowest BCUT2D eigenvalue weighted by molar-refractivity contribution is -0.121. The molecule has 30 heavy (non-hydrogen) atoms. The van der Waals surface area contributed by atoms with Gasteiger partial charge in [0.1, 0.15) is 5.82 Å². The lowest BCUT2D eigenvalue weighted by Crippen LogP contribution is -2.31. The molecule has 3 aromatic rings. The predicted molar refractivity (Wildman–Crippen MR) is 122 cm³/mol. The summed E-state index contributed by atoms with van der Waals surface area (Å²) in [5, 5.41) is 12.7. The summed E-state index contributed by atoms with van der Waals surface area (Å²) in [5.41, 5.74) is 2.25. The van der Waals surface area contributed by atoms with Crippen LogP contribution in [0.1, 0.15) is 24.2 Å². The lowest BCUT2D eigenvalue weighted by atomic mass is 10.1. The summed E-state index contributed by atoms with van der Waals surface area (Å²) < 4.78 is 2.12. The molecule has 6 nitrogen and oxygen atoms in total. The second-order valence-electron chi connectivity index (χ2n) is 7.34. The van der Waals surface area contributed by atoms with Crippen molar-refractivity contribution in [3.05, 3.63) is 72.1 Å². The number of benzene rings is 2. The molecule has 0 unspecified atom stereocenters. The van der Waals surface area contributed by atoms with Gasteiger partial charge in [0.25, 0.3) is 0 Å². The number of rotatable bonds is 11. The normalized spacial score (nSPS) is 11.0. The van der Waals surface area contributed by atoms with Gasteiger partial charge in [0.05, 0.1) is 0 Å². The summed E-state index contributed by atoms with van der Waals surface area (Å²) in [6, 6.07) is 20.5. The van der Waals surface area contributed by atoms with Gasteiger partial charge in [0.2, 0.25) is 5.91 Å². The number of aromatic nitrogens is 3. The van der Waals surface area contributed by atoms with E-state index in [0.717, 1.165) is 41.8 Å². The first kappa shape index (κ1) is 22.1. The Bertz CT molecular complexity index is 912. The van der Waals surface area contributed by atoms with E-state index >= 15 is 0 Å². The van der Waals surface area contributed by atoms with Gasteiger partial charge in [-0.1, -0.05) is 60.3 Å². The van der Waals surface area contributed by atoms with Crippen LogP contribution in [-0.2, 0) is 11.2 Å². The van der Waals surface area contributed by atoms with Gasteiger partial charge in [-0.3, -0.25) is 9.36 Å². The topological polar surface area (TPSA) is 63.1 Å². The van der Waals surface area contributed by atoms with E-state index < -0.39 is 0 Å². The highest BCUT2D eigenvalue weighted by Crippen LogP contribution is 2.24. The molecule has 0 spiro atoms. The number of hydrogen-bond donors (Lipinski definition) is 1. The number of carbonyl (C=O) groups excluding carboxylic acids is 1. The van der Waals surface area contributed by atoms with Crippen LogP contribution in [0.3, 0.4) is 0 Å². The smallest absolute Gasteiger partial charge is 0.220 e. The number of nitrogens with one attached hydrogen (secondary N) is 1. The highest BCUT2D eigenvalue weighted by molar-refractivity contribution is 7.99. The van der Waals surface area contributed by atoms with Gasteiger partial charge in [-0.25, -0.2) is 0 Å². The molecule has 1 aromatic heterocycles. The molecular weight excluding hydrogens is 394 g/mol. The summed E-state index contributed by atoms with van der Waals surface area (Å²) in [6.45, 7) is 1.54. The summed E-state index contributed by atoms with van der Waals surface area (Å²) in [4.78, 5) is 14.0. The monoisotopic (exact) mass is 423 g/mol. The molecular formula is C23H29N5OS. The summed E-state index contributed by atoms with van der Waals surface area (Å²) in [7, 11) is 4.00. The van der Waals surface area contributed by atoms with Crippen LogP contribution in [0.5, 0.6) is 0 Å². The van der Waals surface area contributed by atoms with Crippen LogP contribution >= 0.6 is 11.8 Å². The van der Waals surface area contributed by atoms with Crippen LogP contribution in [0.4, 0.5) is 0 Å². The number of amides is 1. The third kappa shape index (κ3) is 6.71. The van der Waals surface area contributed by atoms with Crippen LogP contribution in [0.25, 0.3) is 5.69 Å². The molecule has 0 aliphatic heterocycles. The first-order valence-electron chi connectivity index (χ1n) is 10.2. The quantitative estimate of drug-likeness (QED) is 0.378. The maximum Gasteiger partial charge on any atom is 0.220 e. The van der Waals surface area contributed by atoms with Crippen LogP contribution in [-0.4, -0.2) is 58.5 Å². The van der Waals surface area contributed by atoms with E-state index in [1.165, 1.54) is 5.56 Å². The van der Waals surface area contributed by atoms with E-state index in [0.29, 0.717) is 13.0 Å². The van der Waals surface area contributed by atoms with E-state index in [-0.39, 0.29) is 5.91 Å². The first-order valence-corrected chi connectivity index (χ1v) is 11.2. The molecule has 3 rings (SSSR count). The second kappa shape index (κ2) is 11.5. The van der Waals surface area contributed by atoms with Crippen molar-refractivity contribution < 1.29 is 4.79 Å². The van der Waals surface area contributed by atoms with Gasteiger partial charge in [0, 0.05) is 37.4 Å². The minimum absolute atomic E-state index is 0.103. The van der Waals surface area contributed by atoms with Crippen molar-refractivity contribution in [3.8, 4) is 5.69 Å². The minimum Gasteiger partial charge on any atom is -0.355 e. The fourth-order valence-corrected chi connectivity index (χ4v) is 3.94. The lowest BCUT2D eigenvalue weighted by Gasteiger charge is -2.11. The first-order chi connectivity index (χ1) is 14.6. The van der Waals surface area contributed by atoms with Gasteiger partial charge in [-0.05, 0) is 38.2 Å². The average Bonchev–Trinajstić information content (AvgIpc) is 3.14. The highest BCUT2D eigenvalue weighted by atomic mass is 32.2. The molecule has 0 aliphatic carbocycles. The van der Waals surface area contributed by atoms with E-state index in [1.807, 2.05) is 50.5 Å². The molecule has 0 saturated carbocycles. The molecule has 0 radical (unpaired) electrons. The highest BCUT2D eigenvalue weighted by Gasteiger charge is 2.15. The maximum absolute atomic E-state index is 12.0. The summed E-state index contributed by atoms with van der Waals surface area (Å²) in [5.74, 6) is 1.83. The molecule has 1 amide bonds. The Balaban J connectivity index is 1.61. The van der Waals surface area contributed by atoms with E-state index in [4.69, 9.17) is 0 Å². The molecule has 2 aromatic carbocycles. The van der Waals surface area contributed by atoms with E-state index in [9.17, 15) is 4.79 Å². The molecule has 158 valence electrons. The second-order valence-corrected chi connectivity index (χ2v) is 8.40. The molecule has 0 bridgehead atoms. The summed E-state index contributed by atoms with van der Waals surface area (Å²) in [6.07, 6.45) is 2.04. The Labute approximate surface area is 182 Å². The molecule has 1 N–H and O–H groups in total. The van der Waals surface area contributed by atoms with Crippen LogP contribution in [0.2, 0.25) is 0 Å². The van der Waals surface area contributed by atoms with Crippen molar-refractivity contribution in [1.82, 2.24) is 25.0 Å². The molecule has 1 heterocycles. The fourth-order valence-electron chi connectivity index (χ4n) is 3.03. The number of carbonyl (C=O) groups is 1. The Morgan fingerprint density at radius 3 is 2.43 bits per heavy atom. The standard InChI is InChI=1S/C23H29N5OS/c1-27(2)16-15-24-22(29)14-9-17-30-23-26-25-21(18-19-10-5-3-6-11-19)28(23)20-12-7-4-8-13-20/h3-8,10-13H,9,14-18H2,1-2H3,(H,24,29). The zero-order valence-corrected chi connectivity index (χ0v) is 18.4. The van der Waals surface area contributed by atoms with Crippen LogP contribution in [0, 0.1) is 0 Å².